The van der Waals surface area contributed by atoms with E-state index in [2.05, 4.69) is 37.4 Å². The number of hydrogen-bond acceptors (Lipinski definition) is 3. The summed E-state index contributed by atoms with van der Waals surface area (Å²) in [5.41, 5.74) is 1.91. The van der Waals surface area contributed by atoms with Crippen molar-refractivity contribution in [2.24, 2.45) is 5.41 Å². The average Bonchev–Trinajstić information content (AvgIpc) is 2.57. The molecule has 0 aromatic heterocycles. The summed E-state index contributed by atoms with van der Waals surface area (Å²) < 4.78 is 6.15. The van der Waals surface area contributed by atoms with E-state index in [-0.39, 0.29) is 17.9 Å². The Bertz CT molecular complexity index is 641. The van der Waals surface area contributed by atoms with Crippen molar-refractivity contribution in [1.82, 2.24) is 10.2 Å². The summed E-state index contributed by atoms with van der Waals surface area (Å²) in [6, 6.07) is 6.24. The molecule has 1 fully saturated rings. The highest BCUT2D eigenvalue weighted by atomic mass is 16.5. The van der Waals surface area contributed by atoms with Gasteiger partial charge in [-0.3, -0.25) is 9.59 Å². The molecule has 1 aliphatic rings. The van der Waals surface area contributed by atoms with Gasteiger partial charge in [0, 0.05) is 44.3 Å². The summed E-state index contributed by atoms with van der Waals surface area (Å²) in [6.07, 6.45) is 2.19. The van der Waals surface area contributed by atoms with Crippen molar-refractivity contribution in [2.45, 2.75) is 60.0 Å². The molecule has 0 aliphatic carbocycles. The van der Waals surface area contributed by atoms with E-state index in [1.165, 1.54) is 5.56 Å². The predicted octanol–water partition coefficient (Wildman–Crippen LogP) is 3.23. The molecule has 144 valence electrons. The molecule has 1 aromatic rings. The topological polar surface area (TPSA) is 58.6 Å². The van der Waals surface area contributed by atoms with Gasteiger partial charge in [0.1, 0.15) is 11.9 Å². The normalized spacial score (nSPS) is 15.7. The Balaban J connectivity index is 1.74. The van der Waals surface area contributed by atoms with Crippen LogP contribution in [0.5, 0.6) is 5.75 Å². The molecular formula is C21H32N2O3. The van der Waals surface area contributed by atoms with Crippen molar-refractivity contribution < 1.29 is 14.3 Å². The lowest BCUT2D eigenvalue weighted by Gasteiger charge is -2.32. The van der Waals surface area contributed by atoms with Crippen molar-refractivity contribution in [3.63, 3.8) is 0 Å². The Labute approximate surface area is 157 Å². The Morgan fingerprint density at radius 2 is 1.85 bits per heavy atom. The van der Waals surface area contributed by atoms with Gasteiger partial charge in [-0.2, -0.15) is 0 Å². The predicted molar refractivity (Wildman–Crippen MR) is 103 cm³/mol. The standard InChI is InChI=1S/C21H32N2O3/c1-15-6-7-16(2)18(14-15)26-17-9-12-23(13-10-17)19(24)8-11-22-20(25)21(3,4)5/h6-7,14,17H,8-13H2,1-5H3,(H,22,25). The van der Waals surface area contributed by atoms with E-state index in [1.54, 1.807) is 0 Å². The van der Waals surface area contributed by atoms with Crippen LogP contribution in [0.1, 0.15) is 51.2 Å². The molecular weight excluding hydrogens is 328 g/mol. The number of nitrogens with one attached hydrogen (secondary N) is 1. The van der Waals surface area contributed by atoms with Gasteiger partial charge < -0.3 is 15.0 Å². The maximum Gasteiger partial charge on any atom is 0.225 e. The van der Waals surface area contributed by atoms with E-state index in [9.17, 15) is 9.59 Å². The lowest BCUT2D eigenvalue weighted by atomic mass is 9.96. The van der Waals surface area contributed by atoms with Gasteiger partial charge in [-0.15, -0.1) is 0 Å². The first-order valence-corrected chi connectivity index (χ1v) is 9.47. The molecule has 1 aliphatic heterocycles. The van der Waals surface area contributed by atoms with Crippen LogP contribution in [0, 0.1) is 19.3 Å². The third-order valence-corrected chi connectivity index (χ3v) is 4.74. The van der Waals surface area contributed by atoms with Crippen LogP contribution in [0.15, 0.2) is 18.2 Å². The first-order valence-electron chi connectivity index (χ1n) is 9.47. The summed E-state index contributed by atoms with van der Waals surface area (Å²) in [4.78, 5) is 26.0. The van der Waals surface area contributed by atoms with Crippen molar-refractivity contribution in [3.8, 4) is 5.75 Å². The molecule has 0 unspecified atom stereocenters. The van der Waals surface area contributed by atoms with Gasteiger partial charge in [0.15, 0.2) is 0 Å². The van der Waals surface area contributed by atoms with Crippen molar-refractivity contribution in [1.29, 1.82) is 0 Å². The zero-order valence-corrected chi connectivity index (χ0v) is 16.7. The molecule has 0 radical (unpaired) electrons. The third kappa shape index (κ3) is 5.75. The summed E-state index contributed by atoms with van der Waals surface area (Å²) in [5, 5.41) is 2.83. The number of piperidine rings is 1. The maximum absolute atomic E-state index is 12.3. The molecule has 5 heteroatoms. The number of carbonyl (C=O) groups is 2. The molecule has 1 N–H and O–H groups in total. The van der Waals surface area contributed by atoms with Crippen LogP contribution in [0.2, 0.25) is 0 Å². The highest BCUT2D eigenvalue weighted by molar-refractivity contribution is 5.82. The number of benzene rings is 1. The van der Waals surface area contributed by atoms with Crippen molar-refractivity contribution in [2.75, 3.05) is 19.6 Å². The Morgan fingerprint density at radius 3 is 2.46 bits per heavy atom. The lowest BCUT2D eigenvalue weighted by molar-refractivity contribution is -0.133. The van der Waals surface area contributed by atoms with Gasteiger partial charge >= 0.3 is 0 Å². The summed E-state index contributed by atoms with van der Waals surface area (Å²) in [5.74, 6) is 1.02. The van der Waals surface area contributed by atoms with Crippen LogP contribution in [0.3, 0.4) is 0 Å². The number of likely N-dealkylation sites (tertiary alicyclic amines) is 1. The highest BCUT2D eigenvalue weighted by Crippen LogP contribution is 2.24. The lowest BCUT2D eigenvalue weighted by Crippen LogP contribution is -2.43. The first-order chi connectivity index (χ1) is 12.2. The van der Waals surface area contributed by atoms with Crippen molar-refractivity contribution in [3.05, 3.63) is 29.3 Å². The van der Waals surface area contributed by atoms with Crippen LogP contribution in [0.25, 0.3) is 0 Å². The zero-order chi connectivity index (χ0) is 19.3. The fraction of sp³-hybridized carbons (Fsp3) is 0.619. The minimum atomic E-state index is -0.424. The molecule has 2 rings (SSSR count). The number of ether oxygens (including phenoxy) is 1. The second kappa shape index (κ2) is 8.56. The van der Waals surface area contributed by atoms with E-state index in [4.69, 9.17) is 4.74 Å². The number of hydrogen-bond donors (Lipinski definition) is 1. The Morgan fingerprint density at radius 1 is 1.19 bits per heavy atom. The zero-order valence-electron chi connectivity index (χ0n) is 16.7. The molecule has 1 heterocycles. The molecule has 0 spiro atoms. The third-order valence-electron chi connectivity index (χ3n) is 4.74. The number of aryl methyl sites for hydroxylation is 2. The fourth-order valence-electron chi connectivity index (χ4n) is 2.94. The molecule has 2 amide bonds. The molecule has 0 saturated carbocycles. The molecule has 1 saturated heterocycles. The summed E-state index contributed by atoms with van der Waals surface area (Å²) in [6.45, 7) is 11.5. The van der Waals surface area contributed by atoms with Gasteiger partial charge in [-0.1, -0.05) is 32.9 Å². The van der Waals surface area contributed by atoms with Crippen LogP contribution in [-0.4, -0.2) is 42.5 Å². The van der Waals surface area contributed by atoms with E-state index in [1.807, 2.05) is 25.7 Å². The van der Waals surface area contributed by atoms with Crippen LogP contribution >= 0.6 is 0 Å². The van der Waals surface area contributed by atoms with Gasteiger partial charge in [-0.25, -0.2) is 0 Å². The molecule has 1 aromatic carbocycles. The largest absolute Gasteiger partial charge is 0.490 e. The van der Waals surface area contributed by atoms with Crippen molar-refractivity contribution >= 4 is 11.8 Å². The maximum atomic E-state index is 12.3. The number of amides is 2. The smallest absolute Gasteiger partial charge is 0.225 e. The monoisotopic (exact) mass is 360 g/mol. The second-order valence-corrected chi connectivity index (χ2v) is 8.22. The number of nitrogens with zero attached hydrogens (tertiary/aromatic N) is 1. The minimum absolute atomic E-state index is 0.0223. The molecule has 0 atom stereocenters. The summed E-state index contributed by atoms with van der Waals surface area (Å²) >= 11 is 0. The molecule has 26 heavy (non-hydrogen) atoms. The minimum Gasteiger partial charge on any atom is -0.490 e. The quantitative estimate of drug-likeness (QED) is 0.877. The Kier molecular flexibility index (Phi) is 6.68. The van der Waals surface area contributed by atoms with Gasteiger partial charge in [0.05, 0.1) is 0 Å². The molecule has 0 bridgehead atoms. The SMILES string of the molecule is Cc1ccc(C)c(OC2CCN(C(=O)CCNC(=O)C(C)(C)C)CC2)c1. The van der Waals surface area contributed by atoms with Gasteiger partial charge in [0.25, 0.3) is 0 Å². The van der Waals surface area contributed by atoms with Crippen LogP contribution in [0.4, 0.5) is 0 Å². The van der Waals surface area contributed by atoms with Gasteiger partial charge in [-0.05, 0) is 31.0 Å². The van der Waals surface area contributed by atoms with Crippen LogP contribution in [-0.2, 0) is 9.59 Å². The molecule has 5 nitrogen and oxygen atoms in total. The Hall–Kier alpha value is -2.04. The fourth-order valence-corrected chi connectivity index (χ4v) is 2.94. The highest BCUT2D eigenvalue weighted by Gasteiger charge is 2.25. The summed E-state index contributed by atoms with van der Waals surface area (Å²) in [7, 11) is 0. The van der Waals surface area contributed by atoms with Gasteiger partial charge in [0.2, 0.25) is 11.8 Å². The first kappa shape index (κ1) is 20.3. The van der Waals surface area contributed by atoms with E-state index >= 15 is 0 Å². The van der Waals surface area contributed by atoms with E-state index < -0.39 is 5.41 Å². The second-order valence-electron chi connectivity index (χ2n) is 8.22. The van der Waals surface area contributed by atoms with E-state index in [0.29, 0.717) is 26.1 Å². The average molecular weight is 360 g/mol. The number of carbonyl (C=O) groups excluding carboxylic acids is 2. The number of rotatable bonds is 5. The van der Waals surface area contributed by atoms with E-state index in [0.717, 1.165) is 24.2 Å². The van der Waals surface area contributed by atoms with Crippen LogP contribution < -0.4 is 10.1 Å².